The Bertz CT molecular complexity index is 370. The van der Waals surface area contributed by atoms with E-state index in [9.17, 15) is 0 Å². The molecule has 0 radical (unpaired) electrons. The molecule has 92 valence electrons. The quantitative estimate of drug-likeness (QED) is 0.432. The van der Waals surface area contributed by atoms with Crippen molar-refractivity contribution in [3.05, 3.63) is 12.2 Å². The third-order valence-corrected chi connectivity index (χ3v) is 7.34. The van der Waals surface area contributed by atoms with Crippen molar-refractivity contribution in [2.24, 2.45) is 52.8 Å². The van der Waals surface area contributed by atoms with Crippen LogP contribution in [-0.2, 0) is 0 Å². The first-order valence-electron chi connectivity index (χ1n) is 7.82. The van der Waals surface area contributed by atoms with Gasteiger partial charge in [-0.05, 0) is 78.4 Å². The lowest BCUT2D eigenvalue weighted by Crippen LogP contribution is -2.34. The van der Waals surface area contributed by atoms with Crippen LogP contribution in [0.2, 0.25) is 0 Å². The van der Waals surface area contributed by atoms with Gasteiger partial charge in [0.2, 0.25) is 0 Å². The fraction of sp³-hybridized carbons (Fsp3) is 0.882. The first-order valence-corrected chi connectivity index (χ1v) is 7.82. The highest BCUT2D eigenvalue weighted by Crippen LogP contribution is 2.73. The van der Waals surface area contributed by atoms with Gasteiger partial charge in [0.05, 0.1) is 0 Å². The van der Waals surface area contributed by atoms with Crippen molar-refractivity contribution >= 4 is 0 Å². The molecule has 0 saturated heterocycles. The Hall–Kier alpha value is -0.260. The van der Waals surface area contributed by atoms with Crippen molar-refractivity contribution in [3.8, 4) is 0 Å². The van der Waals surface area contributed by atoms with Crippen LogP contribution in [0.3, 0.4) is 0 Å². The van der Waals surface area contributed by atoms with E-state index in [1.807, 2.05) is 0 Å². The summed E-state index contributed by atoms with van der Waals surface area (Å²) in [7, 11) is 0. The maximum Gasteiger partial charge on any atom is -0.0194 e. The molecule has 0 amide bonds. The van der Waals surface area contributed by atoms with Gasteiger partial charge >= 0.3 is 0 Å². The van der Waals surface area contributed by atoms with Gasteiger partial charge in [0.15, 0.2) is 0 Å². The van der Waals surface area contributed by atoms with Crippen LogP contribution in [0.15, 0.2) is 12.2 Å². The molecule has 5 rings (SSSR count). The molecule has 5 aliphatic rings. The Morgan fingerprint density at radius 1 is 0.765 bits per heavy atom. The molecule has 0 heterocycles. The van der Waals surface area contributed by atoms with Crippen LogP contribution in [0, 0.1) is 52.8 Å². The van der Waals surface area contributed by atoms with Crippen molar-refractivity contribution < 1.29 is 0 Å². The van der Waals surface area contributed by atoms with Crippen molar-refractivity contribution in [2.45, 2.75) is 39.5 Å². The molecule has 0 nitrogen and oxygen atoms in total. The highest BCUT2D eigenvalue weighted by Gasteiger charge is 2.66. The van der Waals surface area contributed by atoms with Gasteiger partial charge < -0.3 is 0 Å². The molecule has 4 saturated carbocycles. The largest absolute Gasteiger partial charge is 0.0848 e. The summed E-state index contributed by atoms with van der Waals surface area (Å²) in [5.41, 5.74) is 0.664. The zero-order valence-electron chi connectivity index (χ0n) is 11.1. The van der Waals surface area contributed by atoms with Gasteiger partial charge in [0.25, 0.3) is 0 Å². The number of hydrogen-bond acceptors (Lipinski definition) is 0. The molecule has 4 fully saturated rings. The lowest BCUT2D eigenvalue weighted by atomic mass is 9.66. The molecule has 5 aliphatic carbocycles. The van der Waals surface area contributed by atoms with Gasteiger partial charge in [0.1, 0.15) is 0 Å². The standard InChI is InChI=1S/C17H24/c1-17(2)7-13-11-6-12(14(13)8-17)16-10-4-3-9(5-10)15(11)16/h3-4,9-16H,5-8H2,1-2H3. The molecule has 0 heteroatoms. The summed E-state index contributed by atoms with van der Waals surface area (Å²) in [5.74, 6) is 8.80. The van der Waals surface area contributed by atoms with Gasteiger partial charge in [-0.3, -0.25) is 0 Å². The van der Waals surface area contributed by atoms with E-state index in [-0.39, 0.29) is 0 Å². The molecule has 0 N–H and O–H groups in total. The van der Waals surface area contributed by atoms with E-state index >= 15 is 0 Å². The van der Waals surface area contributed by atoms with Crippen molar-refractivity contribution in [1.29, 1.82) is 0 Å². The molecule has 4 bridgehead atoms. The fourth-order valence-corrected chi connectivity index (χ4v) is 7.25. The van der Waals surface area contributed by atoms with E-state index in [2.05, 4.69) is 26.0 Å². The average molecular weight is 228 g/mol. The maximum atomic E-state index is 2.58. The van der Waals surface area contributed by atoms with E-state index in [0.717, 1.165) is 47.3 Å². The number of hydrogen-bond donors (Lipinski definition) is 0. The van der Waals surface area contributed by atoms with E-state index in [1.165, 1.54) is 6.42 Å². The summed E-state index contributed by atoms with van der Waals surface area (Å²) in [6.07, 6.45) is 11.4. The Morgan fingerprint density at radius 2 is 1.29 bits per heavy atom. The summed E-state index contributed by atoms with van der Waals surface area (Å²) < 4.78 is 0. The van der Waals surface area contributed by atoms with Crippen LogP contribution in [0.1, 0.15) is 39.5 Å². The highest BCUT2D eigenvalue weighted by molar-refractivity contribution is 5.23. The van der Waals surface area contributed by atoms with E-state index in [0.29, 0.717) is 5.41 Å². The topological polar surface area (TPSA) is 0 Å². The molecule has 0 aliphatic heterocycles. The van der Waals surface area contributed by atoms with E-state index in [1.54, 1.807) is 19.3 Å². The zero-order valence-corrected chi connectivity index (χ0v) is 11.1. The Morgan fingerprint density at radius 3 is 1.82 bits per heavy atom. The second-order valence-corrected chi connectivity index (χ2v) is 8.57. The molecule has 0 spiro atoms. The van der Waals surface area contributed by atoms with Crippen LogP contribution in [-0.4, -0.2) is 0 Å². The maximum absolute atomic E-state index is 2.58. The molecule has 0 aromatic rings. The van der Waals surface area contributed by atoms with Crippen molar-refractivity contribution in [1.82, 2.24) is 0 Å². The molecular weight excluding hydrogens is 204 g/mol. The van der Waals surface area contributed by atoms with Crippen LogP contribution in [0.5, 0.6) is 0 Å². The fourth-order valence-electron chi connectivity index (χ4n) is 7.25. The minimum Gasteiger partial charge on any atom is -0.0848 e. The van der Waals surface area contributed by atoms with Crippen LogP contribution in [0.25, 0.3) is 0 Å². The number of allylic oxidation sites excluding steroid dienone is 2. The van der Waals surface area contributed by atoms with E-state index < -0.39 is 0 Å². The molecule has 17 heavy (non-hydrogen) atoms. The van der Waals surface area contributed by atoms with Gasteiger partial charge in [-0.1, -0.05) is 26.0 Å². The smallest absolute Gasteiger partial charge is 0.0194 e. The third-order valence-electron chi connectivity index (χ3n) is 7.34. The summed E-state index contributed by atoms with van der Waals surface area (Å²) in [4.78, 5) is 0. The zero-order chi connectivity index (χ0) is 11.4. The molecule has 8 atom stereocenters. The predicted molar refractivity (Wildman–Crippen MR) is 69.3 cm³/mol. The summed E-state index contributed by atoms with van der Waals surface area (Å²) in [5, 5.41) is 0. The Balaban J connectivity index is 1.55. The molecular formula is C17H24. The minimum absolute atomic E-state index is 0.664. The van der Waals surface area contributed by atoms with E-state index in [4.69, 9.17) is 0 Å². The van der Waals surface area contributed by atoms with Crippen LogP contribution < -0.4 is 0 Å². The third kappa shape index (κ3) is 0.992. The Labute approximate surface area is 105 Å². The first-order chi connectivity index (χ1) is 8.14. The van der Waals surface area contributed by atoms with Crippen LogP contribution in [0.4, 0.5) is 0 Å². The molecule has 0 aromatic heterocycles. The van der Waals surface area contributed by atoms with Crippen LogP contribution >= 0.6 is 0 Å². The summed E-state index contributed by atoms with van der Waals surface area (Å²) in [6.45, 7) is 5.04. The van der Waals surface area contributed by atoms with Gasteiger partial charge in [-0.25, -0.2) is 0 Å². The second kappa shape index (κ2) is 2.68. The van der Waals surface area contributed by atoms with Gasteiger partial charge in [0, 0.05) is 0 Å². The Kier molecular flexibility index (Phi) is 1.52. The normalized spacial score (nSPS) is 64.4. The van der Waals surface area contributed by atoms with Gasteiger partial charge in [-0.2, -0.15) is 0 Å². The average Bonchev–Trinajstić information content (AvgIpc) is 2.93. The number of rotatable bonds is 0. The summed E-state index contributed by atoms with van der Waals surface area (Å²) >= 11 is 0. The lowest BCUT2D eigenvalue weighted by Gasteiger charge is -2.39. The monoisotopic (exact) mass is 228 g/mol. The molecule has 8 unspecified atom stereocenters. The number of fused-ring (bicyclic) bond motifs is 12. The SMILES string of the molecule is CC1(C)CC2C(C1)C1CC2C2C3C=CC(C3)C12. The van der Waals surface area contributed by atoms with Crippen molar-refractivity contribution in [3.63, 3.8) is 0 Å². The second-order valence-electron chi connectivity index (χ2n) is 8.57. The minimum atomic E-state index is 0.664. The van der Waals surface area contributed by atoms with Crippen molar-refractivity contribution in [2.75, 3.05) is 0 Å². The highest BCUT2D eigenvalue weighted by atomic mass is 14.7. The van der Waals surface area contributed by atoms with Gasteiger partial charge in [-0.15, -0.1) is 0 Å². The summed E-state index contributed by atoms with van der Waals surface area (Å²) in [6, 6.07) is 0. The molecule has 0 aromatic carbocycles. The lowest BCUT2D eigenvalue weighted by molar-refractivity contribution is 0.108. The first kappa shape index (κ1) is 9.64. The predicted octanol–water partition coefficient (Wildman–Crippen LogP) is 4.13.